The first-order valence-corrected chi connectivity index (χ1v) is 17.8. The molecule has 292 valence electrons. The van der Waals surface area contributed by atoms with E-state index in [2.05, 4.69) is 25.9 Å². The van der Waals surface area contributed by atoms with Crippen LogP contribution in [0.2, 0.25) is 0 Å². The predicted molar refractivity (Wildman–Crippen MR) is 207 cm³/mol. The molecule has 0 amide bonds. The fourth-order valence-corrected chi connectivity index (χ4v) is 7.78. The summed E-state index contributed by atoms with van der Waals surface area (Å²) in [4.78, 5) is 101. The summed E-state index contributed by atoms with van der Waals surface area (Å²) in [5.41, 5.74) is -0.475. The smallest absolute Gasteiger partial charge is 0.355 e. The number of fused-ring (bicyclic) bond motifs is 8. The van der Waals surface area contributed by atoms with Gasteiger partial charge in [0.1, 0.15) is 40.8 Å². The Morgan fingerprint density at radius 1 is 0.966 bits per heavy atom. The molecule has 19 nitrogen and oxygen atoms in total. The molecule has 3 aliphatic rings. The fraction of sp³-hybridized carbons (Fsp3) is 0.256. The average molecular weight is 787 g/mol. The van der Waals surface area contributed by atoms with E-state index in [1.807, 2.05) is 25.1 Å². The first kappa shape index (κ1) is 37.5. The third kappa shape index (κ3) is 5.65. The van der Waals surface area contributed by atoms with Crippen molar-refractivity contribution < 1.29 is 29.0 Å². The zero-order valence-corrected chi connectivity index (χ0v) is 31.1. The van der Waals surface area contributed by atoms with E-state index in [4.69, 9.17) is 19.3 Å². The Bertz CT molecular complexity index is 2730. The molecule has 0 spiro atoms. The predicted octanol–water partition coefficient (Wildman–Crippen LogP) is 6.83. The van der Waals surface area contributed by atoms with E-state index in [1.54, 1.807) is 25.1 Å². The summed E-state index contributed by atoms with van der Waals surface area (Å²) in [6.45, 7) is 3.08. The van der Waals surface area contributed by atoms with Gasteiger partial charge in [-0.15, -0.1) is 19.6 Å². The normalized spacial score (nSPS) is 16.4. The molecule has 8 rings (SSSR count). The van der Waals surface area contributed by atoms with Gasteiger partial charge in [-0.1, -0.05) is 12.1 Å². The minimum absolute atomic E-state index is 0.0450. The van der Waals surface area contributed by atoms with Crippen molar-refractivity contribution in [1.29, 1.82) is 0 Å². The monoisotopic (exact) mass is 786 g/mol. The number of hydrogen-bond donors (Lipinski definition) is 1. The zero-order valence-electron chi connectivity index (χ0n) is 31.1. The van der Waals surface area contributed by atoms with Gasteiger partial charge in [0.15, 0.2) is 0 Å². The number of pyridine rings is 2. The van der Waals surface area contributed by atoms with Gasteiger partial charge < -0.3 is 28.9 Å². The number of nitroso groups, excluding NO2 is 4. The molecule has 4 heterocycles. The van der Waals surface area contributed by atoms with Crippen LogP contribution in [0.1, 0.15) is 53.6 Å². The van der Waals surface area contributed by atoms with Crippen LogP contribution in [0.3, 0.4) is 0 Å². The van der Waals surface area contributed by atoms with Crippen LogP contribution < -0.4 is 5.56 Å². The molecule has 2 aliphatic heterocycles. The number of esters is 2. The Labute approximate surface area is 326 Å². The lowest BCUT2D eigenvalue weighted by atomic mass is 9.85. The van der Waals surface area contributed by atoms with E-state index in [1.165, 1.54) is 23.6 Å². The SMILES string of the molecule is CC[C@@]1(OC(=O)[C@H](C)ON=C2c3cc(N=O)cc(N=O)c3-c3c(N=O)cc(N=O)cc32)C(=O)OCc2c1cc1n(c2=O)Cc2cc3c(CN(C)C)c(O)ccc3nc2-1. The summed E-state index contributed by atoms with van der Waals surface area (Å²) in [6, 6.07) is 11.4. The second-order valence-electron chi connectivity index (χ2n) is 14.2. The average Bonchev–Trinajstić information content (AvgIpc) is 3.75. The zero-order chi connectivity index (χ0) is 41.2. The van der Waals surface area contributed by atoms with Crippen LogP contribution in [0.4, 0.5) is 22.7 Å². The van der Waals surface area contributed by atoms with Crippen molar-refractivity contribution in [2.24, 2.45) is 25.9 Å². The molecule has 0 unspecified atom stereocenters. The number of carbonyl (C=O) groups is 2. The molecule has 0 fully saturated rings. The first-order valence-electron chi connectivity index (χ1n) is 17.8. The standard InChI is InChI=1S/C39H30N8O11/c1-5-39(57-37(50)17(2)58-45-35-22-9-19(41-52)11-28(43-54)32(22)33-23(35)10-20(42-53)12-29(33)44-55)26-13-30-34-18(14-47(30)36(49)25(26)16-56-38(39)51)8-21-24(15-46(3)4)31(48)7-6-27(21)40-34/h6-13,17,48H,5,14-16H2,1-4H3/t17-,39-/m0/s1. The topological polar surface area (TPSA) is 250 Å². The van der Waals surface area contributed by atoms with Gasteiger partial charge in [0.05, 0.1) is 29.0 Å². The van der Waals surface area contributed by atoms with E-state index in [-0.39, 0.29) is 87.2 Å². The van der Waals surface area contributed by atoms with Gasteiger partial charge in [0.25, 0.3) is 5.56 Å². The molecule has 0 bridgehead atoms. The minimum atomic E-state index is -2.09. The maximum absolute atomic E-state index is 14.1. The van der Waals surface area contributed by atoms with Crippen LogP contribution >= 0.6 is 0 Å². The van der Waals surface area contributed by atoms with Gasteiger partial charge in [-0.3, -0.25) is 4.79 Å². The highest BCUT2D eigenvalue weighted by molar-refractivity contribution is 6.28. The molecule has 0 radical (unpaired) electrons. The number of carbonyl (C=O) groups excluding carboxylic acids is 2. The summed E-state index contributed by atoms with van der Waals surface area (Å²) in [5, 5.41) is 27.2. The van der Waals surface area contributed by atoms with E-state index < -0.39 is 29.2 Å². The fourth-order valence-electron chi connectivity index (χ4n) is 7.78. The Balaban J connectivity index is 1.17. The minimum Gasteiger partial charge on any atom is -0.508 e. The maximum Gasteiger partial charge on any atom is 0.355 e. The molecule has 2 aromatic heterocycles. The molecule has 1 aliphatic carbocycles. The van der Waals surface area contributed by atoms with Gasteiger partial charge in [-0.05, 0) is 96.7 Å². The van der Waals surface area contributed by atoms with Crippen LogP contribution in [0.25, 0.3) is 33.4 Å². The number of cyclic esters (lactones) is 1. The Kier molecular flexibility index (Phi) is 9.03. The lowest BCUT2D eigenvalue weighted by Gasteiger charge is -2.36. The third-order valence-corrected chi connectivity index (χ3v) is 10.5. The second kappa shape index (κ2) is 14.0. The number of aromatic nitrogens is 2. The van der Waals surface area contributed by atoms with Gasteiger partial charge in [-0.25, -0.2) is 14.6 Å². The quantitative estimate of drug-likeness (QED) is 0.0803. The van der Waals surface area contributed by atoms with Gasteiger partial charge in [-0.2, -0.15) is 0 Å². The molecule has 2 atom stereocenters. The van der Waals surface area contributed by atoms with Crippen molar-refractivity contribution >= 4 is 51.3 Å². The van der Waals surface area contributed by atoms with E-state index in [9.17, 15) is 39.1 Å². The number of rotatable bonds is 11. The highest BCUT2D eigenvalue weighted by atomic mass is 16.7. The van der Waals surface area contributed by atoms with Crippen LogP contribution in [0, 0.1) is 19.6 Å². The van der Waals surface area contributed by atoms with Crippen LogP contribution in [0.15, 0.2) is 79.2 Å². The highest BCUT2D eigenvalue weighted by Crippen LogP contribution is 2.51. The second-order valence-corrected chi connectivity index (χ2v) is 14.2. The van der Waals surface area contributed by atoms with Crippen LogP contribution in [0.5, 0.6) is 5.75 Å². The van der Waals surface area contributed by atoms with Crippen molar-refractivity contribution in [3.8, 4) is 28.3 Å². The van der Waals surface area contributed by atoms with E-state index >= 15 is 0 Å². The summed E-state index contributed by atoms with van der Waals surface area (Å²) in [6.07, 6.45) is -1.70. The summed E-state index contributed by atoms with van der Waals surface area (Å²) in [5.74, 6) is -1.90. The number of oxime groups is 1. The van der Waals surface area contributed by atoms with E-state index in [0.717, 1.165) is 17.5 Å². The number of phenolic OH excluding ortho intramolecular Hbond substituents is 1. The molecular formula is C39H30N8O11. The first-order chi connectivity index (χ1) is 27.9. The van der Waals surface area contributed by atoms with Crippen molar-refractivity contribution in [3.05, 3.63) is 112 Å². The van der Waals surface area contributed by atoms with Crippen LogP contribution in [-0.2, 0) is 49.2 Å². The molecule has 5 aromatic rings. The van der Waals surface area contributed by atoms with E-state index in [0.29, 0.717) is 34.6 Å². The Hall–Kier alpha value is -7.41. The van der Waals surface area contributed by atoms with Gasteiger partial charge in [0, 0.05) is 50.9 Å². The largest absolute Gasteiger partial charge is 0.508 e. The maximum atomic E-state index is 14.1. The number of phenols is 1. The number of aromatic hydroxyl groups is 1. The van der Waals surface area contributed by atoms with Gasteiger partial charge >= 0.3 is 11.9 Å². The number of benzene rings is 3. The molecule has 1 N–H and O–H groups in total. The molecular weight excluding hydrogens is 756 g/mol. The summed E-state index contributed by atoms with van der Waals surface area (Å²) < 4.78 is 12.9. The Morgan fingerprint density at radius 2 is 1.62 bits per heavy atom. The third-order valence-electron chi connectivity index (χ3n) is 10.5. The van der Waals surface area contributed by atoms with Crippen molar-refractivity contribution in [2.45, 2.75) is 51.7 Å². The summed E-state index contributed by atoms with van der Waals surface area (Å²) >= 11 is 0. The van der Waals surface area contributed by atoms with Crippen molar-refractivity contribution in [1.82, 2.24) is 14.5 Å². The lowest BCUT2D eigenvalue weighted by molar-refractivity contribution is -0.195. The molecule has 0 saturated heterocycles. The number of ether oxygens (including phenoxy) is 2. The van der Waals surface area contributed by atoms with Crippen molar-refractivity contribution in [2.75, 3.05) is 14.1 Å². The van der Waals surface area contributed by atoms with Crippen LogP contribution in [-0.4, -0.2) is 57.4 Å². The Morgan fingerprint density at radius 3 is 2.21 bits per heavy atom. The molecule has 3 aromatic carbocycles. The molecule has 58 heavy (non-hydrogen) atoms. The highest BCUT2D eigenvalue weighted by Gasteiger charge is 2.51. The molecule has 19 heteroatoms. The lowest BCUT2D eigenvalue weighted by Crippen LogP contribution is -2.48. The summed E-state index contributed by atoms with van der Waals surface area (Å²) in [7, 11) is 3.75. The van der Waals surface area contributed by atoms with Gasteiger partial charge in [0.2, 0.25) is 11.7 Å². The molecule has 0 saturated carbocycles. The number of nitrogens with zero attached hydrogens (tertiary/aromatic N) is 8. The van der Waals surface area contributed by atoms with Crippen molar-refractivity contribution in [3.63, 3.8) is 0 Å². The number of hydrogen-bond acceptors (Lipinski definition) is 18.